The molecule has 0 bridgehead atoms. The highest BCUT2D eigenvalue weighted by Gasteiger charge is 2.07. The van der Waals surface area contributed by atoms with Gasteiger partial charge in [0, 0.05) is 11.3 Å². The van der Waals surface area contributed by atoms with Gasteiger partial charge in [-0.3, -0.25) is 0 Å². The minimum absolute atomic E-state index is 0.838. The summed E-state index contributed by atoms with van der Waals surface area (Å²) in [5, 5.41) is 5.67. The minimum atomic E-state index is 0.838. The molecule has 26 heavy (non-hydrogen) atoms. The van der Waals surface area contributed by atoms with Crippen molar-refractivity contribution in [2.75, 3.05) is 7.11 Å². The van der Waals surface area contributed by atoms with Crippen molar-refractivity contribution >= 4 is 17.4 Å². The maximum Gasteiger partial charge on any atom is 0.154 e. The number of hydrogen-bond donors (Lipinski definition) is 0. The smallest absolute Gasteiger partial charge is 0.154 e. The lowest BCUT2D eigenvalue weighted by molar-refractivity contribution is 0.415. The van der Waals surface area contributed by atoms with Crippen molar-refractivity contribution in [3.05, 3.63) is 78.0 Å². The molecule has 0 spiro atoms. The van der Waals surface area contributed by atoms with Gasteiger partial charge in [0.05, 0.1) is 19.0 Å². The van der Waals surface area contributed by atoms with Crippen LogP contribution in [-0.4, -0.2) is 21.7 Å². The lowest BCUT2D eigenvalue weighted by Crippen LogP contribution is -1.92. The number of hydrogen-bond acceptors (Lipinski definition) is 4. The predicted octanol–water partition coefficient (Wildman–Crippen LogP) is 5.01. The fourth-order valence-corrected chi connectivity index (χ4v) is 3.61. The summed E-state index contributed by atoms with van der Waals surface area (Å²) in [6.07, 6.45) is 1.97. The van der Waals surface area contributed by atoms with Crippen molar-refractivity contribution in [2.24, 2.45) is 0 Å². The van der Waals surface area contributed by atoms with Gasteiger partial charge in [0.25, 0.3) is 0 Å². The molecule has 0 saturated heterocycles. The van der Waals surface area contributed by atoms with E-state index < -0.39 is 0 Å². The summed E-state index contributed by atoms with van der Waals surface area (Å²) in [5.74, 6) is 1.74. The van der Waals surface area contributed by atoms with Crippen LogP contribution in [0.5, 0.6) is 5.75 Å². The van der Waals surface area contributed by atoms with E-state index in [2.05, 4.69) is 41.3 Å². The molecule has 0 aliphatic heterocycles. The number of benzene rings is 2. The third-order valence-corrected chi connectivity index (χ3v) is 5.14. The molecule has 0 aliphatic carbocycles. The summed E-state index contributed by atoms with van der Waals surface area (Å²) in [7, 11) is 1.67. The first-order chi connectivity index (χ1) is 12.7. The third-order valence-electron chi connectivity index (χ3n) is 4.15. The summed E-state index contributed by atoms with van der Waals surface area (Å²) < 4.78 is 7.06. The van der Waals surface area contributed by atoms with E-state index in [1.807, 2.05) is 47.1 Å². The molecule has 4 nitrogen and oxygen atoms in total. The predicted molar refractivity (Wildman–Crippen MR) is 106 cm³/mol. The molecule has 2 aromatic heterocycles. The van der Waals surface area contributed by atoms with E-state index in [9.17, 15) is 0 Å². The second-order valence-electron chi connectivity index (χ2n) is 6.11. The van der Waals surface area contributed by atoms with Crippen LogP contribution in [0.4, 0.5) is 0 Å². The van der Waals surface area contributed by atoms with Crippen LogP contribution in [0.3, 0.4) is 0 Å². The van der Waals surface area contributed by atoms with Gasteiger partial charge in [0.2, 0.25) is 0 Å². The van der Waals surface area contributed by atoms with Gasteiger partial charge in [0.1, 0.15) is 10.8 Å². The number of rotatable bonds is 5. The van der Waals surface area contributed by atoms with E-state index in [0.717, 1.165) is 33.4 Å². The zero-order valence-corrected chi connectivity index (χ0v) is 15.5. The Morgan fingerprint density at radius 2 is 1.88 bits per heavy atom. The van der Waals surface area contributed by atoms with Crippen molar-refractivity contribution in [1.29, 1.82) is 0 Å². The number of imidazole rings is 1. The van der Waals surface area contributed by atoms with Gasteiger partial charge in [-0.15, -0.1) is 0 Å². The van der Waals surface area contributed by atoms with Crippen LogP contribution in [0.15, 0.2) is 71.9 Å². The zero-order valence-electron chi connectivity index (χ0n) is 14.7. The maximum absolute atomic E-state index is 5.21. The molecule has 4 rings (SSSR count). The number of methoxy groups -OCH3 is 1. The van der Waals surface area contributed by atoms with E-state index in [1.54, 1.807) is 18.9 Å². The number of aryl methyl sites for hydroxylation is 1. The average molecular weight is 361 g/mol. The summed E-state index contributed by atoms with van der Waals surface area (Å²) in [4.78, 5) is 4.66. The van der Waals surface area contributed by atoms with E-state index in [-0.39, 0.29) is 0 Å². The second-order valence-corrected chi connectivity index (χ2v) is 7.10. The molecule has 130 valence electrons. The van der Waals surface area contributed by atoms with Crippen molar-refractivity contribution in [3.8, 4) is 17.0 Å². The molecule has 0 unspecified atom stereocenters. The SMILES string of the molecule is COc1ccc(-c2cn3nc(SCc4cccc(C)c4)ccc3n2)cc1. The Hall–Kier alpha value is -2.79. The zero-order chi connectivity index (χ0) is 17.9. The average Bonchev–Trinajstić information content (AvgIpc) is 3.10. The molecule has 5 heteroatoms. The van der Waals surface area contributed by atoms with Gasteiger partial charge >= 0.3 is 0 Å². The van der Waals surface area contributed by atoms with E-state index in [1.165, 1.54) is 11.1 Å². The largest absolute Gasteiger partial charge is 0.497 e. The molecular weight excluding hydrogens is 342 g/mol. The number of aromatic nitrogens is 3. The third kappa shape index (κ3) is 3.58. The highest BCUT2D eigenvalue weighted by Crippen LogP contribution is 2.24. The summed E-state index contributed by atoms with van der Waals surface area (Å²) >= 11 is 1.73. The number of nitrogens with zero attached hydrogens (tertiary/aromatic N) is 3. The molecule has 0 aliphatic rings. The van der Waals surface area contributed by atoms with Gasteiger partial charge < -0.3 is 4.74 Å². The Morgan fingerprint density at radius 3 is 2.65 bits per heavy atom. The maximum atomic E-state index is 5.21. The fraction of sp³-hybridized carbons (Fsp3) is 0.143. The molecule has 0 atom stereocenters. The van der Waals surface area contributed by atoms with Gasteiger partial charge in [0.15, 0.2) is 5.65 Å². The minimum Gasteiger partial charge on any atom is -0.497 e. The monoisotopic (exact) mass is 361 g/mol. The molecule has 0 N–H and O–H groups in total. The van der Waals surface area contributed by atoms with Crippen LogP contribution in [-0.2, 0) is 5.75 Å². The number of fused-ring (bicyclic) bond motifs is 1. The van der Waals surface area contributed by atoms with Gasteiger partial charge in [-0.25, -0.2) is 9.50 Å². The number of ether oxygens (including phenoxy) is 1. The van der Waals surface area contributed by atoms with E-state index in [4.69, 9.17) is 4.74 Å². The lowest BCUT2D eigenvalue weighted by Gasteiger charge is -2.03. The van der Waals surface area contributed by atoms with Crippen LogP contribution in [0.2, 0.25) is 0 Å². The van der Waals surface area contributed by atoms with Crippen LogP contribution in [0.25, 0.3) is 16.9 Å². The molecule has 0 amide bonds. The quantitative estimate of drug-likeness (QED) is 0.469. The lowest BCUT2D eigenvalue weighted by atomic mass is 10.2. The molecule has 0 saturated carbocycles. The summed E-state index contributed by atoms with van der Waals surface area (Å²) in [5.41, 5.74) is 5.38. The Bertz CT molecular complexity index is 1040. The highest BCUT2D eigenvalue weighted by molar-refractivity contribution is 7.98. The van der Waals surface area contributed by atoms with Crippen molar-refractivity contribution in [2.45, 2.75) is 17.7 Å². The number of thioether (sulfide) groups is 1. The highest BCUT2D eigenvalue weighted by atomic mass is 32.2. The molecule has 0 fully saturated rings. The Kier molecular flexibility index (Phi) is 4.63. The Labute approximate surface area is 156 Å². The van der Waals surface area contributed by atoms with Crippen LogP contribution >= 0.6 is 11.8 Å². The van der Waals surface area contributed by atoms with E-state index in [0.29, 0.717) is 0 Å². The van der Waals surface area contributed by atoms with Crippen LogP contribution in [0, 0.1) is 6.92 Å². The first-order valence-electron chi connectivity index (χ1n) is 8.40. The van der Waals surface area contributed by atoms with Crippen molar-refractivity contribution in [1.82, 2.24) is 14.6 Å². The normalized spacial score (nSPS) is 11.0. The molecule has 0 radical (unpaired) electrons. The van der Waals surface area contributed by atoms with Crippen molar-refractivity contribution in [3.63, 3.8) is 0 Å². The van der Waals surface area contributed by atoms with Gasteiger partial charge in [-0.2, -0.15) is 5.10 Å². The Balaban J connectivity index is 1.55. The standard InChI is InChI=1S/C21H19N3OS/c1-15-4-3-5-16(12-15)14-26-21-11-10-20-22-19(13-24(20)23-21)17-6-8-18(25-2)9-7-17/h3-13H,14H2,1-2H3. The molecule has 4 aromatic rings. The first-order valence-corrected chi connectivity index (χ1v) is 9.39. The van der Waals surface area contributed by atoms with Crippen LogP contribution < -0.4 is 4.74 Å². The van der Waals surface area contributed by atoms with Gasteiger partial charge in [-0.05, 0) is 48.9 Å². The van der Waals surface area contributed by atoms with Gasteiger partial charge in [-0.1, -0.05) is 41.6 Å². The molecule has 2 aromatic carbocycles. The summed E-state index contributed by atoms with van der Waals surface area (Å²) in [6, 6.07) is 20.5. The molecular formula is C21H19N3OS. The van der Waals surface area contributed by atoms with Crippen molar-refractivity contribution < 1.29 is 4.74 Å². The van der Waals surface area contributed by atoms with E-state index >= 15 is 0 Å². The Morgan fingerprint density at radius 1 is 1.04 bits per heavy atom. The molecule has 2 heterocycles. The topological polar surface area (TPSA) is 39.4 Å². The fourth-order valence-electron chi connectivity index (χ4n) is 2.80. The second kappa shape index (κ2) is 7.22. The first kappa shape index (κ1) is 16.7. The summed E-state index contributed by atoms with van der Waals surface area (Å²) in [6.45, 7) is 2.12. The van der Waals surface area contributed by atoms with Crippen LogP contribution in [0.1, 0.15) is 11.1 Å².